The van der Waals surface area contributed by atoms with Crippen LogP contribution in [0.25, 0.3) is 0 Å². The summed E-state index contributed by atoms with van der Waals surface area (Å²) in [6.07, 6.45) is 2.61. The molecule has 0 aliphatic heterocycles. The van der Waals surface area contributed by atoms with Crippen LogP contribution in [0.1, 0.15) is 38.7 Å². The van der Waals surface area contributed by atoms with E-state index in [0.29, 0.717) is 17.2 Å². The summed E-state index contributed by atoms with van der Waals surface area (Å²) in [5.74, 6) is -1.24. The average Bonchev–Trinajstić information content (AvgIpc) is 2.50. The Morgan fingerprint density at radius 3 is 2.61 bits per heavy atom. The van der Waals surface area contributed by atoms with Crippen LogP contribution in [-0.2, 0) is 14.3 Å². The number of halogens is 1. The normalized spacial score (nSPS) is 13.3. The Labute approximate surface area is 141 Å². The SMILES string of the molecule is CCCCCOC(=O)C(C)(O)C(=O)COc1ccc(Cl)cc1C. The van der Waals surface area contributed by atoms with Crippen molar-refractivity contribution in [1.82, 2.24) is 0 Å². The van der Waals surface area contributed by atoms with Crippen LogP contribution < -0.4 is 4.74 Å². The number of benzene rings is 1. The third-order valence-corrected chi connectivity index (χ3v) is 3.65. The Hall–Kier alpha value is -1.59. The zero-order chi connectivity index (χ0) is 17.5. The zero-order valence-corrected chi connectivity index (χ0v) is 14.5. The maximum Gasteiger partial charge on any atom is 0.345 e. The van der Waals surface area contributed by atoms with E-state index in [1.807, 2.05) is 6.92 Å². The van der Waals surface area contributed by atoms with Gasteiger partial charge in [0.05, 0.1) is 6.61 Å². The van der Waals surface area contributed by atoms with Gasteiger partial charge in [-0.25, -0.2) is 4.79 Å². The van der Waals surface area contributed by atoms with Gasteiger partial charge in [-0.05, 0) is 44.0 Å². The average molecular weight is 343 g/mol. The molecular weight excluding hydrogens is 320 g/mol. The van der Waals surface area contributed by atoms with E-state index >= 15 is 0 Å². The molecule has 6 heteroatoms. The lowest BCUT2D eigenvalue weighted by molar-refractivity contribution is -0.169. The molecule has 1 unspecified atom stereocenters. The molecule has 128 valence electrons. The fourth-order valence-corrected chi connectivity index (χ4v) is 2.06. The fourth-order valence-electron chi connectivity index (χ4n) is 1.83. The molecule has 23 heavy (non-hydrogen) atoms. The van der Waals surface area contributed by atoms with Gasteiger partial charge in [0.1, 0.15) is 5.75 Å². The molecule has 0 aliphatic carbocycles. The summed E-state index contributed by atoms with van der Waals surface area (Å²) in [4.78, 5) is 23.9. The third-order valence-electron chi connectivity index (χ3n) is 3.42. The first kappa shape index (κ1) is 19.5. The van der Waals surface area contributed by atoms with Gasteiger partial charge in [0.25, 0.3) is 0 Å². The molecule has 5 nitrogen and oxygen atoms in total. The molecule has 0 aromatic heterocycles. The highest BCUT2D eigenvalue weighted by Gasteiger charge is 2.40. The molecule has 1 atom stereocenters. The molecule has 0 aliphatic rings. The van der Waals surface area contributed by atoms with Crippen molar-refractivity contribution in [3.63, 3.8) is 0 Å². The summed E-state index contributed by atoms with van der Waals surface area (Å²) in [6.45, 7) is 4.69. The highest BCUT2D eigenvalue weighted by molar-refractivity contribution is 6.30. The van der Waals surface area contributed by atoms with Gasteiger partial charge in [0, 0.05) is 5.02 Å². The van der Waals surface area contributed by atoms with Crippen molar-refractivity contribution >= 4 is 23.4 Å². The molecule has 0 spiro atoms. The number of aliphatic hydroxyl groups is 1. The number of carbonyl (C=O) groups excluding carboxylic acids is 2. The van der Waals surface area contributed by atoms with Gasteiger partial charge in [0.15, 0.2) is 6.61 Å². The van der Waals surface area contributed by atoms with Crippen LogP contribution >= 0.6 is 11.6 Å². The van der Waals surface area contributed by atoms with Gasteiger partial charge >= 0.3 is 5.97 Å². The molecule has 0 bridgehead atoms. The fraction of sp³-hybridized carbons (Fsp3) is 0.529. The van der Waals surface area contributed by atoms with Crippen molar-refractivity contribution in [3.8, 4) is 5.75 Å². The van der Waals surface area contributed by atoms with Crippen molar-refractivity contribution in [2.75, 3.05) is 13.2 Å². The Morgan fingerprint density at radius 1 is 1.30 bits per heavy atom. The Kier molecular flexibility index (Phi) is 7.52. The highest BCUT2D eigenvalue weighted by Crippen LogP contribution is 2.22. The number of unbranched alkanes of at least 4 members (excludes halogenated alkanes) is 2. The van der Waals surface area contributed by atoms with E-state index in [-0.39, 0.29) is 6.61 Å². The Balaban J connectivity index is 2.55. The highest BCUT2D eigenvalue weighted by atomic mass is 35.5. The van der Waals surface area contributed by atoms with Gasteiger partial charge in [-0.15, -0.1) is 0 Å². The van der Waals surface area contributed by atoms with Gasteiger partial charge < -0.3 is 14.6 Å². The van der Waals surface area contributed by atoms with Crippen LogP contribution in [0.15, 0.2) is 18.2 Å². The first-order chi connectivity index (χ1) is 10.8. The first-order valence-electron chi connectivity index (χ1n) is 7.61. The van der Waals surface area contributed by atoms with Gasteiger partial charge in [-0.2, -0.15) is 0 Å². The number of aryl methyl sites for hydroxylation is 1. The van der Waals surface area contributed by atoms with Crippen LogP contribution in [0.5, 0.6) is 5.75 Å². The van der Waals surface area contributed by atoms with Crippen molar-refractivity contribution < 1.29 is 24.2 Å². The topological polar surface area (TPSA) is 72.8 Å². The van der Waals surface area contributed by atoms with Gasteiger partial charge in [0.2, 0.25) is 11.4 Å². The van der Waals surface area contributed by atoms with Gasteiger partial charge in [-0.1, -0.05) is 31.4 Å². The van der Waals surface area contributed by atoms with Crippen molar-refractivity contribution in [2.45, 2.75) is 45.6 Å². The molecule has 0 heterocycles. The predicted molar refractivity (Wildman–Crippen MR) is 87.8 cm³/mol. The lowest BCUT2D eigenvalue weighted by atomic mass is 10.0. The number of ether oxygens (including phenoxy) is 2. The monoisotopic (exact) mass is 342 g/mol. The lowest BCUT2D eigenvalue weighted by Crippen LogP contribution is -2.47. The largest absolute Gasteiger partial charge is 0.485 e. The number of carbonyl (C=O) groups is 2. The lowest BCUT2D eigenvalue weighted by Gasteiger charge is -2.20. The smallest absolute Gasteiger partial charge is 0.345 e. The molecule has 0 amide bonds. The standard InChI is InChI=1S/C17H23ClO5/c1-4-5-6-9-22-16(20)17(3,21)15(19)11-23-14-8-7-13(18)10-12(14)2/h7-8,10,21H,4-6,9,11H2,1-3H3. The summed E-state index contributed by atoms with van der Waals surface area (Å²) in [7, 11) is 0. The second-order valence-electron chi connectivity index (χ2n) is 5.54. The summed E-state index contributed by atoms with van der Waals surface area (Å²) in [5, 5.41) is 10.6. The molecule has 0 radical (unpaired) electrons. The Bertz CT molecular complexity index is 554. The summed E-state index contributed by atoms with van der Waals surface area (Å²) < 4.78 is 10.3. The molecule has 0 fully saturated rings. The van der Waals surface area contributed by atoms with Crippen LogP contribution in [0.3, 0.4) is 0 Å². The number of Topliss-reactive ketones (excluding diaryl/α,β-unsaturated/α-hetero) is 1. The third kappa shape index (κ3) is 5.84. The van der Waals surface area contributed by atoms with Crippen LogP contribution in [0.2, 0.25) is 5.02 Å². The molecule has 1 aromatic rings. The number of hydrogen-bond donors (Lipinski definition) is 1. The van der Waals surface area contributed by atoms with E-state index in [1.54, 1.807) is 25.1 Å². The summed E-state index contributed by atoms with van der Waals surface area (Å²) in [6, 6.07) is 4.96. The predicted octanol–water partition coefficient (Wildman–Crippen LogP) is 3.08. The minimum absolute atomic E-state index is 0.188. The van der Waals surface area contributed by atoms with Crippen LogP contribution in [0, 0.1) is 6.92 Å². The molecule has 1 N–H and O–H groups in total. The Morgan fingerprint density at radius 2 is 2.00 bits per heavy atom. The minimum atomic E-state index is -2.22. The van der Waals surface area contributed by atoms with E-state index in [0.717, 1.165) is 25.3 Å². The second kappa shape index (κ2) is 8.89. The van der Waals surface area contributed by atoms with Crippen LogP contribution in [-0.4, -0.2) is 35.7 Å². The van der Waals surface area contributed by atoms with Crippen molar-refractivity contribution in [3.05, 3.63) is 28.8 Å². The van der Waals surface area contributed by atoms with Crippen LogP contribution in [0.4, 0.5) is 0 Å². The molecular formula is C17H23ClO5. The molecule has 0 saturated heterocycles. The summed E-state index contributed by atoms with van der Waals surface area (Å²) in [5.41, 5.74) is -1.46. The van der Waals surface area contributed by atoms with Gasteiger partial charge in [-0.3, -0.25) is 4.79 Å². The number of ketones is 1. The van der Waals surface area contributed by atoms with E-state index in [1.165, 1.54) is 0 Å². The van der Waals surface area contributed by atoms with E-state index in [4.69, 9.17) is 21.1 Å². The number of rotatable bonds is 9. The van der Waals surface area contributed by atoms with Crippen molar-refractivity contribution in [2.24, 2.45) is 0 Å². The minimum Gasteiger partial charge on any atom is -0.485 e. The van der Waals surface area contributed by atoms with E-state index in [2.05, 4.69) is 0 Å². The van der Waals surface area contributed by atoms with E-state index in [9.17, 15) is 14.7 Å². The van der Waals surface area contributed by atoms with Crippen molar-refractivity contribution in [1.29, 1.82) is 0 Å². The quantitative estimate of drug-likeness (QED) is 0.424. The molecule has 0 saturated carbocycles. The maximum absolute atomic E-state index is 12.0. The van der Waals surface area contributed by atoms with E-state index < -0.39 is 24.0 Å². The molecule has 1 rings (SSSR count). The first-order valence-corrected chi connectivity index (χ1v) is 7.98. The maximum atomic E-state index is 12.0. The molecule has 1 aromatic carbocycles. The summed E-state index contributed by atoms with van der Waals surface area (Å²) >= 11 is 5.84. The zero-order valence-electron chi connectivity index (χ0n) is 13.7. The second-order valence-corrected chi connectivity index (χ2v) is 5.97. The number of hydrogen-bond acceptors (Lipinski definition) is 5. The number of esters is 1.